The number of ether oxygens (including phenoxy) is 3. The quantitative estimate of drug-likeness (QED) is 0.338. The van der Waals surface area contributed by atoms with Gasteiger partial charge in [0, 0.05) is 29.6 Å². The van der Waals surface area contributed by atoms with Crippen LogP contribution in [0.3, 0.4) is 0 Å². The summed E-state index contributed by atoms with van der Waals surface area (Å²) in [5, 5.41) is 9.91. The summed E-state index contributed by atoms with van der Waals surface area (Å²) in [7, 11) is 0. The van der Waals surface area contributed by atoms with Gasteiger partial charge in [0.15, 0.2) is 17.8 Å². The van der Waals surface area contributed by atoms with E-state index in [2.05, 4.69) is 26.8 Å². The Balaban J connectivity index is 1.22. The van der Waals surface area contributed by atoms with Gasteiger partial charge in [0.2, 0.25) is 0 Å². The van der Waals surface area contributed by atoms with Gasteiger partial charge in [0.25, 0.3) is 0 Å². The number of rotatable bonds is 6. The summed E-state index contributed by atoms with van der Waals surface area (Å²) in [6.07, 6.45) is 0.284. The predicted octanol–water partition coefficient (Wildman–Crippen LogP) is 4.63. The number of aromatic amines is 1. The first-order valence-corrected chi connectivity index (χ1v) is 12.6. The maximum absolute atomic E-state index is 15.0. The zero-order valence-electron chi connectivity index (χ0n) is 18.9. The fraction of sp³-hybridized carbons (Fsp3) is 0.269. The molecule has 0 aliphatic carbocycles. The SMILES string of the molecule is CSNc1ccc(-c2ccc(-c3nc4cc(OC5CO[C@@H]6C(O)CO[C@H]56)[nH]c4cc3F)cc2)cc1. The molecule has 35 heavy (non-hydrogen) atoms. The Bertz CT molecular complexity index is 1350. The first-order chi connectivity index (χ1) is 17.1. The van der Waals surface area contributed by atoms with Gasteiger partial charge in [-0.05, 0) is 23.3 Å². The van der Waals surface area contributed by atoms with Crippen molar-refractivity contribution in [3.05, 3.63) is 66.5 Å². The van der Waals surface area contributed by atoms with E-state index < -0.39 is 11.9 Å². The average Bonchev–Trinajstić information content (AvgIpc) is 3.56. The molecule has 2 aromatic heterocycles. The predicted molar refractivity (Wildman–Crippen MR) is 134 cm³/mol. The third kappa shape index (κ3) is 4.25. The second kappa shape index (κ2) is 9.16. The number of fused-ring (bicyclic) bond motifs is 2. The zero-order chi connectivity index (χ0) is 23.9. The summed E-state index contributed by atoms with van der Waals surface area (Å²) in [4.78, 5) is 7.63. The van der Waals surface area contributed by atoms with Crippen molar-refractivity contribution in [3.63, 3.8) is 0 Å². The van der Waals surface area contributed by atoms with Gasteiger partial charge in [-0.25, -0.2) is 9.37 Å². The number of benzene rings is 2. The van der Waals surface area contributed by atoms with E-state index in [0.29, 0.717) is 29.1 Å². The molecule has 2 unspecified atom stereocenters. The summed E-state index contributed by atoms with van der Waals surface area (Å²) in [6, 6.07) is 19.0. The van der Waals surface area contributed by atoms with Crippen LogP contribution in [0.25, 0.3) is 33.4 Å². The van der Waals surface area contributed by atoms with Crippen LogP contribution in [0.1, 0.15) is 0 Å². The molecule has 4 aromatic rings. The Morgan fingerprint density at radius 1 is 1.00 bits per heavy atom. The van der Waals surface area contributed by atoms with Crippen LogP contribution < -0.4 is 9.46 Å². The molecule has 2 aliphatic rings. The monoisotopic (exact) mass is 493 g/mol. The molecule has 0 amide bonds. The van der Waals surface area contributed by atoms with Gasteiger partial charge < -0.3 is 29.0 Å². The molecule has 7 nitrogen and oxygen atoms in total. The van der Waals surface area contributed by atoms with E-state index >= 15 is 0 Å². The molecule has 3 N–H and O–H groups in total. The number of anilines is 1. The minimum Gasteiger partial charge on any atom is -0.470 e. The Kier molecular flexibility index (Phi) is 5.85. The average molecular weight is 494 g/mol. The van der Waals surface area contributed by atoms with Gasteiger partial charge in [-0.3, -0.25) is 0 Å². The maximum atomic E-state index is 15.0. The highest BCUT2D eigenvalue weighted by Crippen LogP contribution is 2.32. The van der Waals surface area contributed by atoms with Crippen molar-refractivity contribution in [1.29, 1.82) is 0 Å². The van der Waals surface area contributed by atoms with E-state index in [9.17, 15) is 9.50 Å². The lowest BCUT2D eigenvalue weighted by molar-refractivity contribution is 0.00794. The Morgan fingerprint density at radius 2 is 1.69 bits per heavy atom. The largest absolute Gasteiger partial charge is 0.470 e. The summed E-state index contributed by atoms with van der Waals surface area (Å²) in [6.45, 7) is 0.551. The fourth-order valence-corrected chi connectivity index (χ4v) is 5.02. The van der Waals surface area contributed by atoms with Crippen molar-refractivity contribution >= 4 is 28.7 Å². The molecular formula is C26H24FN3O4S. The van der Waals surface area contributed by atoms with Crippen molar-refractivity contribution in [2.24, 2.45) is 0 Å². The minimum atomic E-state index is -0.641. The van der Waals surface area contributed by atoms with E-state index in [1.807, 2.05) is 42.7 Å². The van der Waals surface area contributed by atoms with Gasteiger partial charge in [-0.15, -0.1) is 0 Å². The first-order valence-electron chi connectivity index (χ1n) is 11.4. The van der Waals surface area contributed by atoms with Crippen molar-refractivity contribution < 1.29 is 23.7 Å². The summed E-state index contributed by atoms with van der Waals surface area (Å²) >= 11 is 1.55. The van der Waals surface area contributed by atoms with Gasteiger partial charge in [-0.2, -0.15) is 0 Å². The third-order valence-electron chi connectivity index (χ3n) is 6.39. The Labute approximate surface area is 205 Å². The maximum Gasteiger partial charge on any atom is 0.193 e. The van der Waals surface area contributed by atoms with Crippen molar-refractivity contribution in [1.82, 2.24) is 9.97 Å². The Hall–Kier alpha value is -3.11. The molecule has 4 heterocycles. The summed E-state index contributed by atoms with van der Waals surface area (Å²) in [5.74, 6) is 0.0377. The van der Waals surface area contributed by atoms with Gasteiger partial charge in [-0.1, -0.05) is 48.3 Å². The summed E-state index contributed by atoms with van der Waals surface area (Å²) in [5.41, 5.74) is 5.27. The highest BCUT2D eigenvalue weighted by atomic mass is 32.2. The molecule has 2 aliphatic heterocycles. The lowest BCUT2D eigenvalue weighted by Crippen LogP contribution is -2.34. The topological polar surface area (TPSA) is 88.6 Å². The number of aliphatic hydroxyl groups is 1. The van der Waals surface area contributed by atoms with Crippen LogP contribution in [0, 0.1) is 5.82 Å². The van der Waals surface area contributed by atoms with Crippen LogP contribution in [0.4, 0.5) is 10.1 Å². The second-order valence-corrected chi connectivity index (χ2v) is 9.28. The van der Waals surface area contributed by atoms with Crippen molar-refractivity contribution in [2.45, 2.75) is 24.4 Å². The molecule has 2 saturated heterocycles. The number of H-pyrrole nitrogens is 1. The van der Waals surface area contributed by atoms with Gasteiger partial charge >= 0.3 is 0 Å². The van der Waals surface area contributed by atoms with Crippen LogP contribution in [0.2, 0.25) is 0 Å². The van der Waals surface area contributed by atoms with E-state index in [0.717, 1.165) is 16.8 Å². The number of aliphatic hydroxyl groups excluding tert-OH is 1. The summed E-state index contributed by atoms with van der Waals surface area (Å²) < 4.78 is 35.4. The van der Waals surface area contributed by atoms with Crippen LogP contribution >= 0.6 is 11.9 Å². The van der Waals surface area contributed by atoms with Crippen LogP contribution in [-0.4, -0.2) is 59.0 Å². The van der Waals surface area contributed by atoms with E-state index in [4.69, 9.17) is 14.2 Å². The lowest BCUT2D eigenvalue weighted by Gasteiger charge is -2.16. The minimum absolute atomic E-state index is 0.233. The van der Waals surface area contributed by atoms with E-state index in [1.165, 1.54) is 6.07 Å². The molecule has 180 valence electrons. The molecule has 9 heteroatoms. The lowest BCUT2D eigenvalue weighted by atomic mass is 10.0. The van der Waals surface area contributed by atoms with Crippen LogP contribution in [-0.2, 0) is 9.47 Å². The normalized spacial score (nSPS) is 23.5. The van der Waals surface area contributed by atoms with Crippen LogP contribution in [0.15, 0.2) is 60.7 Å². The zero-order valence-corrected chi connectivity index (χ0v) is 19.7. The molecule has 0 spiro atoms. The Morgan fingerprint density at radius 3 is 2.43 bits per heavy atom. The fourth-order valence-electron chi connectivity index (χ4n) is 4.65. The highest BCUT2D eigenvalue weighted by Gasteiger charge is 2.48. The second-order valence-electron chi connectivity index (χ2n) is 8.67. The molecule has 0 saturated carbocycles. The molecule has 4 atom stereocenters. The number of nitrogens with one attached hydrogen (secondary N) is 2. The van der Waals surface area contributed by atoms with Crippen molar-refractivity contribution in [2.75, 3.05) is 24.2 Å². The number of nitrogens with zero attached hydrogens (tertiary/aromatic N) is 1. The van der Waals surface area contributed by atoms with Crippen molar-refractivity contribution in [3.8, 4) is 28.3 Å². The van der Waals surface area contributed by atoms with E-state index in [1.54, 1.807) is 18.0 Å². The standard InChI is InChI=1S/C26H24FN3O4S/c1-35-30-17-8-6-15(7-9-17)14-2-4-16(5-3-14)24-18(27)10-19-20(29-24)11-23(28-19)34-22-13-33-25-21(31)12-32-26(22)25/h2-11,21-22,25-26,28,30-31H,12-13H2,1H3/t21?,22?,25-,26-/m1/s1. The molecule has 6 rings (SSSR count). The number of hydrogen-bond acceptors (Lipinski definition) is 7. The van der Waals surface area contributed by atoms with Gasteiger partial charge in [0.1, 0.15) is 24.0 Å². The highest BCUT2D eigenvalue weighted by molar-refractivity contribution is 7.99. The first kappa shape index (κ1) is 22.4. The molecular weight excluding hydrogens is 469 g/mol. The van der Waals surface area contributed by atoms with E-state index in [-0.39, 0.29) is 30.6 Å². The molecule has 0 radical (unpaired) electrons. The van der Waals surface area contributed by atoms with Gasteiger partial charge in [0.05, 0.1) is 24.2 Å². The number of halogens is 1. The van der Waals surface area contributed by atoms with Crippen LogP contribution in [0.5, 0.6) is 5.88 Å². The third-order valence-corrected chi connectivity index (χ3v) is 6.83. The number of aromatic nitrogens is 2. The smallest absolute Gasteiger partial charge is 0.193 e. The number of pyridine rings is 1. The molecule has 2 aromatic carbocycles. The molecule has 0 bridgehead atoms. The molecule has 2 fully saturated rings. The number of hydrogen-bond donors (Lipinski definition) is 3.